The van der Waals surface area contributed by atoms with Gasteiger partial charge in [-0.25, -0.2) is 4.98 Å². The smallest absolute Gasteiger partial charge is 0.225 e. The van der Waals surface area contributed by atoms with Crippen molar-refractivity contribution in [1.82, 2.24) is 19.2 Å². The van der Waals surface area contributed by atoms with Crippen LogP contribution in [0.1, 0.15) is 24.1 Å². The molecule has 6 rings (SSSR count). The summed E-state index contributed by atoms with van der Waals surface area (Å²) in [5.41, 5.74) is 8.01. The largest absolute Gasteiger partial charge is 0.340 e. The fraction of sp³-hybridized carbons (Fsp3) is 0.310. The number of amides is 1. The summed E-state index contributed by atoms with van der Waals surface area (Å²) in [6, 6.07) is 23.4. The van der Waals surface area contributed by atoms with Gasteiger partial charge in [-0.1, -0.05) is 60.2 Å². The molecule has 1 aliphatic heterocycles. The first kappa shape index (κ1) is 21.1. The number of hydrogen-bond acceptors (Lipinski definition) is 3. The van der Waals surface area contributed by atoms with Gasteiger partial charge in [0.15, 0.2) is 0 Å². The highest BCUT2D eigenvalue weighted by molar-refractivity contribution is 5.81. The molecule has 0 atom stereocenters. The van der Waals surface area contributed by atoms with Crippen LogP contribution in [0.5, 0.6) is 0 Å². The van der Waals surface area contributed by atoms with Crippen LogP contribution >= 0.6 is 0 Å². The summed E-state index contributed by atoms with van der Waals surface area (Å²) >= 11 is 0. The van der Waals surface area contributed by atoms with Gasteiger partial charge in [-0.2, -0.15) is 0 Å². The fourth-order valence-electron chi connectivity index (χ4n) is 4.99. The summed E-state index contributed by atoms with van der Waals surface area (Å²) in [5, 5.41) is 0. The van der Waals surface area contributed by atoms with Crippen LogP contribution in [-0.4, -0.2) is 51.3 Å². The van der Waals surface area contributed by atoms with Crippen molar-refractivity contribution in [2.45, 2.75) is 26.3 Å². The molecule has 0 bridgehead atoms. The molecule has 2 aromatic carbocycles. The Morgan fingerprint density at radius 3 is 2.38 bits per heavy atom. The van der Waals surface area contributed by atoms with E-state index in [1.165, 1.54) is 22.4 Å². The molecule has 2 aliphatic rings. The number of nitrogens with zero attached hydrogens (tertiary/aromatic N) is 4. The Labute approximate surface area is 200 Å². The number of aromatic nitrogens is 2. The Morgan fingerprint density at radius 1 is 0.882 bits per heavy atom. The van der Waals surface area contributed by atoms with Crippen LogP contribution in [0.4, 0.5) is 0 Å². The van der Waals surface area contributed by atoms with Crippen LogP contribution in [0.15, 0.2) is 72.9 Å². The van der Waals surface area contributed by atoms with Gasteiger partial charge < -0.3 is 9.30 Å². The molecule has 172 valence electrons. The second-order valence-electron chi connectivity index (χ2n) is 9.66. The molecule has 0 radical (unpaired) electrons. The monoisotopic (exact) mass is 450 g/mol. The molecule has 5 heteroatoms. The Kier molecular flexibility index (Phi) is 5.42. The maximum absolute atomic E-state index is 12.5. The number of pyridine rings is 1. The van der Waals surface area contributed by atoms with E-state index in [2.05, 4.69) is 88.0 Å². The maximum Gasteiger partial charge on any atom is 0.225 e. The van der Waals surface area contributed by atoms with Crippen LogP contribution < -0.4 is 0 Å². The van der Waals surface area contributed by atoms with E-state index in [0.717, 1.165) is 62.5 Å². The van der Waals surface area contributed by atoms with Crippen LogP contribution in [-0.2, 0) is 11.3 Å². The Hall–Kier alpha value is -3.44. The minimum Gasteiger partial charge on any atom is -0.340 e. The summed E-state index contributed by atoms with van der Waals surface area (Å²) in [4.78, 5) is 22.1. The van der Waals surface area contributed by atoms with Gasteiger partial charge in [0.25, 0.3) is 0 Å². The quantitative estimate of drug-likeness (QED) is 0.428. The third-order valence-electron chi connectivity index (χ3n) is 7.10. The number of imidazole rings is 1. The van der Waals surface area contributed by atoms with E-state index in [4.69, 9.17) is 4.98 Å². The lowest BCUT2D eigenvalue weighted by Gasteiger charge is -2.35. The minimum atomic E-state index is 0.301. The van der Waals surface area contributed by atoms with Crippen LogP contribution in [0.3, 0.4) is 0 Å². The van der Waals surface area contributed by atoms with Crippen LogP contribution in [0, 0.1) is 12.8 Å². The standard InChI is InChI=1S/C29H30N4O/c1-21-6-5-9-24(18-21)25-12-13-27-30-28(22-7-3-2-4-8-22)26(33(27)19-25)20-31-14-16-32(17-15-31)29(34)23-10-11-23/h2-9,12-13,18-19,23H,10-11,14-17,20H2,1H3. The Morgan fingerprint density at radius 2 is 1.65 bits per heavy atom. The van der Waals surface area contributed by atoms with Gasteiger partial charge in [0.1, 0.15) is 5.65 Å². The summed E-state index contributed by atoms with van der Waals surface area (Å²) in [6.07, 6.45) is 4.38. The van der Waals surface area contributed by atoms with Gasteiger partial charge >= 0.3 is 0 Å². The zero-order valence-corrected chi connectivity index (χ0v) is 19.7. The van der Waals surface area contributed by atoms with Crippen LogP contribution in [0.25, 0.3) is 28.0 Å². The average Bonchev–Trinajstić information content (AvgIpc) is 3.67. The lowest BCUT2D eigenvalue weighted by Crippen LogP contribution is -2.48. The molecule has 34 heavy (non-hydrogen) atoms. The third kappa shape index (κ3) is 4.12. The first-order chi connectivity index (χ1) is 16.7. The van der Waals surface area contributed by atoms with Gasteiger partial charge in [-0.15, -0.1) is 0 Å². The van der Waals surface area contributed by atoms with Gasteiger partial charge in [0.2, 0.25) is 5.91 Å². The molecule has 0 unspecified atom stereocenters. The van der Waals surface area contributed by atoms with Crippen LogP contribution in [0.2, 0.25) is 0 Å². The zero-order chi connectivity index (χ0) is 23.1. The molecular formula is C29H30N4O. The van der Waals surface area contributed by atoms with Crippen molar-refractivity contribution in [1.29, 1.82) is 0 Å². The lowest BCUT2D eigenvalue weighted by molar-refractivity contribution is -0.134. The van der Waals surface area contributed by atoms with E-state index in [9.17, 15) is 4.79 Å². The normalized spacial score (nSPS) is 16.8. The number of benzene rings is 2. The van der Waals surface area contributed by atoms with E-state index < -0.39 is 0 Å². The predicted octanol–water partition coefficient (Wildman–Crippen LogP) is 5.03. The highest BCUT2D eigenvalue weighted by atomic mass is 16.2. The van der Waals surface area contributed by atoms with Gasteiger partial charge in [-0.05, 0) is 43.0 Å². The molecule has 4 aromatic rings. The summed E-state index contributed by atoms with van der Waals surface area (Å²) < 4.78 is 2.27. The molecule has 3 heterocycles. The number of piperazine rings is 1. The van der Waals surface area contributed by atoms with E-state index in [-0.39, 0.29) is 0 Å². The molecule has 1 saturated heterocycles. The number of carbonyl (C=O) groups excluding carboxylic acids is 1. The number of aryl methyl sites for hydroxylation is 1. The molecule has 1 amide bonds. The van der Waals surface area contributed by atoms with Crippen molar-refractivity contribution in [2.75, 3.05) is 26.2 Å². The Balaban J connectivity index is 1.34. The second-order valence-corrected chi connectivity index (χ2v) is 9.66. The lowest BCUT2D eigenvalue weighted by atomic mass is 10.1. The van der Waals surface area contributed by atoms with Gasteiger partial charge in [0.05, 0.1) is 11.4 Å². The van der Waals surface area contributed by atoms with Gasteiger partial charge in [-0.3, -0.25) is 9.69 Å². The third-order valence-corrected chi connectivity index (χ3v) is 7.10. The molecule has 2 aromatic heterocycles. The molecule has 1 aliphatic carbocycles. The summed E-state index contributed by atoms with van der Waals surface area (Å²) in [5.74, 6) is 0.664. The topological polar surface area (TPSA) is 40.9 Å². The zero-order valence-electron chi connectivity index (χ0n) is 19.7. The molecular weight excluding hydrogens is 420 g/mol. The van der Waals surface area contributed by atoms with Crippen molar-refractivity contribution in [2.24, 2.45) is 5.92 Å². The molecule has 5 nitrogen and oxygen atoms in total. The van der Waals surface area contributed by atoms with Crippen molar-refractivity contribution < 1.29 is 4.79 Å². The highest BCUT2D eigenvalue weighted by Gasteiger charge is 2.34. The maximum atomic E-state index is 12.5. The summed E-state index contributed by atoms with van der Waals surface area (Å²) in [7, 11) is 0. The second kappa shape index (κ2) is 8.73. The van der Waals surface area contributed by atoms with Gasteiger partial charge in [0, 0.05) is 50.4 Å². The molecule has 1 saturated carbocycles. The number of hydrogen-bond donors (Lipinski definition) is 0. The molecule has 0 N–H and O–H groups in total. The van der Waals surface area contributed by atoms with Crippen molar-refractivity contribution in [3.63, 3.8) is 0 Å². The first-order valence-corrected chi connectivity index (χ1v) is 12.3. The predicted molar refractivity (Wildman–Crippen MR) is 135 cm³/mol. The number of rotatable bonds is 5. The van der Waals surface area contributed by atoms with Crippen molar-refractivity contribution in [3.8, 4) is 22.4 Å². The minimum absolute atomic E-state index is 0.301. The Bertz CT molecular complexity index is 1330. The molecule has 0 spiro atoms. The average molecular weight is 451 g/mol. The number of carbonyl (C=O) groups is 1. The van der Waals surface area contributed by atoms with E-state index in [0.29, 0.717) is 11.8 Å². The molecule has 2 fully saturated rings. The summed E-state index contributed by atoms with van der Waals surface area (Å²) in [6.45, 7) is 6.39. The SMILES string of the molecule is Cc1cccc(-c2ccc3nc(-c4ccccc4)c(CN4CCN(C(=O)C5CC5)CC4)n3c2)c1. The van der Waals surface area contributed by atoms with E-state index in [1.54, 1.807) is 0 Å². The number of fused-ring (bicyclic) bond motifs is 1. The fourth-order valence-corrected chi connectivity index (χ4v) is 4.99. The van der Waals surface area contributed by atoms with E-state index in [1.807, 2.05) is 6.07 Å². The highest BCUT2D eigenvalue weighted by Crippen LogP contribution is 2.32. The van der Waals surface area contributed by atoms with Crippen molar-refractivity contribution >= 4 is 11.6 Å². The van der Waals surface area contributed by atoms with Crippen molar-refractivity contribution in [3.05, 3.63) is 84.2 Å². The van der Waals surface area contributed by atoms with E-state index >= 15 is 0 Å². The first-order valence-electron chi connectivity index (χ1n) is 12.3.